The lowest BCUT2D eigenvalue weighted by Gasteiger charge is -2.50. The van der Waals surface area contributed by atoms with Crippen molar-refractivity contribution in [2.75, 3.05) is 27.8 Å². The third kappa shape index (κ3) is 5.25. The Morgan fingerprint density at radius 3 is 1.39 bits per heavy atom. The minimum Gasteiger partial charge on any atom is -0.459 e. The first-order valence-corrected chi connectivity index (χ1v) is 26.4. The van der Waals surface area contributed by atoms with Crippen LogP contribution in [0.2, 0.25) is 0 Å². The molecule has 7 nitrogen and oxygen atoms in total. The zero-order chi connectivity index (χ0) is 48.9. The Morgan fingerprint density at radius 1 is 0.378 bits per heavy atom. The van der Waals surface area contributed by atoms with Gasteiger partial charge in [-0.15, -0.1) is 0 Å². The Labute approximate surface area is 432 Å². The van der Waals surface area contributed by atoms with Gasteiger partial charge in [-0.05, 0) is 122 Å². The first kappa shape index (κ1) is 41.3. The fraction of sp³-hybridized carbons (Fsp3) is 0.156. The zero-order valence-electron chi connectivity index (χ0n) is 41.7. The normalized spacial score (nSPS) is 17.2. The predicted molar refractivity (Wildman–Crippen MR) is 303 cm³/mol. The third-order valence-corrected chi connectivity index (χ3v) is 18.0. The van der Waals surface area contributed by atoms with Crippen molar-refractivity contribution in [2.24, 2.45) is 0 Å². The summed E-state index contributed by atoms with van der Waals surface area (Å²) in [6.07, 6.45) is 2.16. The van der Waals surface area contributed by atoms with Crippen LogP contribution in [0.15, 0.2) is 170 Å². The third-order valence-electron chi connectivity index (χ3n) is 18.0. The van der Waals surface area contributed by atoms with Gasteiger partial charge in [-0.2, -0.15) is 0 Å². The lowest BCUT2D eigenvalue weighted by atomic mass is 9.28. The Hall–Kier alpha value is -8.23. The van der Waals surface area contributed by atoms with Crippen LogP contribution in [0.1, 0.15) is 51.7 Å². The Balaban J connectivity index is 1.01. The van der Waals surface area contributed by atoms with Gasteiger partial charge < -0.3 is 33.6 Å². The molecule has 0 saturated carbocycles. The summed E-state index contributed by atoms with van der Waals surface area (Å²) < 4.78 is 30.0. The maximum absolute atomic E-state index is 7.73. The monoisotopic (exact) mass is 955 g/mol. The van der Waals surface area contributed by atoms with Crippen LogP contribution in [0.3, 0.4) is 0 Å². The molecule has 8 aliphatic heterocycles. The fourth-order valence-corrected chi connectivity index (χ4v) is 14.5. The van der Waals surface area contributed by atoms with Crippen LogP contribution in [-0.4, -0.2) is 33.2 Å². The van der Waals surface area contributed by atoms with Crippen molar-refractivity contribution in [1.82, 2.24) is 0 Å². The number of nitrogens with zero attached hydrogens (tertiary/aromatic N) is 3. The Bertz CT molecular complexity index is 3980. The molecule has 352 valence electrons. The second-order valence-corrected chi connectivity index (χ2v) is 22.8. The molecule has 0 fully saturated rings. The van der Waals surface area contributed by atoms with Crippen LogP contribution in [0, 0.1) is 0 Å². The molecular formula is C64H48B3N3O4. The summed E-state index contributed by atoms with van der Waals surface area (Å²) in [6.45, 7) is 11.2. The van der Waals surface area contributed by atoms with E-state index < -0.39 is 0 Å². The van der Waals surface area contributed by atoms with Crippen LogP contribution < -0.4 is 82.8 Å². The molecule has 8 aliphatic rings. The van der Waals surface area contributed by atoms with E-state index in [1.165, 1.54) is 27.7 Å². The second-order valence-electron chi connectivity index (χ2n) is 22.8. The van der Waals surface area contributed by atoms with Gasteiger partial charge in [0.15, 0.2) is 0 Å². The molecular weight excluding hydrogens is 907 g/mol. The van der Waals surface area contributed by atoms with Crippen molar-refractivity contribution in [1.29, 1.82) is 0 Å². The summed E-state index contributed by atoms with van der Waals surface area (Å²) in [6, 6.07) is 61.4. The van der Waals surface area contributed by atoms with Crippen molar-refractivity contribution < 1.29 is 18.9 Å². The number of para-hydroxylation sites is 5. The quantitative estimate of drug-likeness (QED) is 0.160. The average Bonchev–Trinajstić information content (AvgIpc) is 3.43. The van der Waals surface area contributed by atoms with Gasteiger partial charge in [-0.25, -0.2) is 0 Å². The van der Waals surface area contributed by atoms with Gasteiger partial charge in [0, 0.05) is 81.5 Å². The molecule has 8 heterocycles. The molecule has 0 unspecified atom stereocenters. The number of fused-ring (bicyclic) bond motifs is 15. The minimum absolute atomic E-state index is 0.0133. The maximum Gasteiger partial charge on any atom is 0.261 e. The Morgan fingerprint density at radius 2 is 0.838 bits per heavy atom. The first-order chi connectivity index (χ1) is 36.2. The van der Waals surface area contributed by atoms with Crippen LogP contribution in [0.25, 0.3) is 0 Å². The van der Waals surface area contributed by atoms with E-state index in [4.69, 9.17) is 18.9 Å². The molecule has 17 rings (SSSR count). The van der Waals surface area contributed by atoms with Crippen LogP contribution in [0.4, 0.5) is 39.8 Å². The van der Waals surface area contributed by atoms with E-state index in [-0.39, 0.29) is 31.0 Å². The first-order valence-electron chi connectivity index (χ1n) is 26.4. The van der Waals surface area contributed by atoms with Gasteiger partial charge in [0.1, 0.15) is 46.0 Å². The van der Waals surface area contributed by atoms with Crippen molar-refractivity contribution in [3.8, 4) is 46.0 Å². The van der Waals surface area contributed by atoms with Gasteiger partial charge in [0.05, 0.1) is 0 Å². The highest BCUT2D eigenvalue weighted by Crippen LogP contribution is 2.55. The maximum atomic E-state index is 7.73. The summed E-state index contributed by atoms with van der Waals surface area (Å²) in [5.41, 5.74) is 20.5. The van der Waals surface area contributed by atoms with Gasteiger partial charge in [-0.3, -0.25) is 0 Å². The molecule has 0 radical (unpaired) electrons. The van der Waals surface area contributed by atoms with Crippen molar-refractivity contribution in [2.45, 2.75) is 51.4 Å². The molecule has 0 spiro atoms. The topological polar surface area (TPSA) is 46.6 Å². The van der Waals surface area contributed by atoms with E-state index in [2.05, 4.69) is 212 Å². The molecule has 9 aromatic carbocycles. The molecule has 0 bridgehead atoms. The van der Waals surface area contributed by atoms with Crippen LogP contribution in [-0.2, 0) is 10.8 Å². The van der Waals surface area contributed by atoms with E-state index in [0.717, 1.165) is 144 Å². The molecule has 0 atom stereocenters. The highest BCUT2D eigenvalue weighted by molar-refractivity contribution is 7.05. The molecule has 10 heteroatoms. The lowest BCUT2D eigenvalue weighted by Crippen LogP contribution is -2.67. The van der Waals surface area contributed by atoms with Crippen LogP contribution >= 0.6 is 0 Å². The Kier molecular flexibility index (Phi) is 7.97. The second kappa shape index (κ2) is 14.3. The molecule has 0 aromatic heterocycles. The SMILES string of the molecule is CC1(C)CCN2CCC(C)(C)c3c4c(cc1c32)B1c2ccccc2Oc2c1c(cc1c2B2c3c(cccc3N1c1ccccc1)N(c1ccccc1)c1cc3c5c(c12)Oc1ccccc1B5c1ccccc1O3)O4. The minimum atomic E-state index is -0.349. The van der Waals surface area contributed by atoms with Gasteiger partial charge in [0.25, 0.3) is 20.1 Å². The van der Waals surface area contributed by atoms with E-state index in [0.29, 0.717) is 0 Å². The van der Waals surface area contributed by atoms with E-state index in [9.17, 15) is 0 Å². The summed E-state index contributed by atoms with van der Waals surface area (Å²) in [5.74, 6) is 6.93. The van der Waals surface area contributed by atoms with Crippen LogP contribution in [0.5, 0.6) is 46.0 Å². The van der Waals surface area contributed by atoms with Gasteiger partial charge in [0.2, 0.25) is 0 Å². The molecule has 0 saturated heterocycles. The number of rotatable bonds is 2. The van der Waals surface area contributed by atoms with Crippen molar-refractivity contribution in [3.05, 3.63) is 181 Å². The molecule has 74 heavy (non-hydrogen) atoms. The highest BCUT2D eigenvalue weighted by atomic mass is 16.5. The zero-order valence-corrected chi connectivity index (χ0v) is 41.7. The predicted octanol–water partition coefficient (Wildman–Crippen LogP) is 9.39. The molecule has 9 aromatic rings. The van der Waals surface area contributed by atoms with Gasteiger partial charge in [-0.1, -0.05) is 131 Å². The summed E-state index contributed by atoms with van der Waals surface area (Å²) in [5, 5.41) is 0. The van der Waals surface area contributed by atoms with E-state index >= 15 is 0 Å². The number of benzene rings is 9. The molecule has 0 amide bonds. The summed E-state index contributed by atoms with van der Waals surface area (Å²) >= 11 is 0. The largest absolute Gasteiger partial charge is 0.459 e. The summed E-state index contributed by atoms with van der Waals surface area (Å²) in [7, 11) is 0. The fourth-order valence-electron chi connectivity index (χ4n) is 14.5. The lowest BCUT2D eigenvalue weighted by molar-refractivity contribution is 0.383. The smallest absolute Gasteiger partial charge is 0.261 e. The summed E-state index contributed by atoms with van der Waals surface area (Å²) in [4.78, 5) is 7.55. The van der Waals surface area contributed by atoms with Crippen molar-refractivity contribution in [3.63, 3.8) is 0 Å². The number of hydrogen-bond donors (Lipinski definition) is 0. The number of hydrogen-bond acceptors (Lipinski definition) is 7. The highest BCUT2D eigenvalue weighted by Gasteiger charge is 2.55. The number of anilines is 7. The van der Waals surface area contributed by atoms with E-state index in [1.54, 1.807) is 0 Å². The standard InChI is InChI=1S/C64H48B3N3O4/c1-63(2)30-32-68-33-31-64(3,4)53-59(68)39(63)34-43-60(53)74-52-36-47-56(62-58(52)66(43)42-24-13-16-29-50(42)73-62)67-54-44(25-17-26-45(54)70(47)38-20-9-6-10-21-38)69(37-18-7-5-8-19-37)46-35-51-57-61(55(46)67)72-49-28-15-12-23-41(49)65(57)40-22-11-14-27-48(40)71-51/h5-29,34-36H,30-33H2,1-4H3. The van der Waals surface area contributed by atoms with Crippen molar-refractivity contribution >= 4 is 109 Å². The molecule has 0 N–H and O–H groups in total. The average molecular weight is 956 g/mol. The van der Waals surface area contributed by atoms with Gasteiger partial charge >= 0.3 is 0 Å². The van der Waals surface area contributed by atoms with E-state index in [1.807, 2.05) is 0 Å². The molecule has 0 aliphatic carbocycles. The number of ether oxygens (including phenoxy) is 4.